The number of nitrogens with zero attached hydrogens (tertiary/aromatic N) is 3. The number of rotatable bonds is 2. The first kappa shape index (κ1) is 11.2. The maximum absolute atomic E-state index is 11.3. The van der Waals surface area contributed by atoms with Gasteiger partial charge in [0.05, 0.1) is 0 Å². The largest absolute Gasteiger partial charge is 0.367 e. The zero-order chi connectivity index (χ0) is 12.5. The molecule has 4 N–H and O–H groups in total. The summed E-state index contributed by atoms with van der Waals surface area (Å²) in [6.07, 6.45) is 5.68. The Bertz CT molecular complexity index is 595. The first-order valence-electron chi connectivity index (χ1n) is 6.17. The van der Waals surface area contributed by atoms with Crippen molar-refractivity contribution >= 4 is 11.5 Å². The number of aromatic nitrogens is 4. The molecule has 0 atom stereocenters. The van der Waals surface area contributed by atoms with Crippen LogP contribution in [0.25, 0.3) is 5.65 Å². The Morgan fingerprint density at radius 1 is 1.39 bits per heavy atom. The Balaban J connectivity index is 1.76. The van der Waals surface area contributed by atoms with Crippen molar-refractivity contribution in [1.29, 1.82) is 0 Å². The van der Waals surface area contributed by atoms with E-state index in [1.807, 2.05) is 0 Å². The summed E-state index contributed by atoms with van der Waals surface area (Å²) in [5.41, 5.74) is 6.18. The fraction of sp³-hybridized carbons (Fsp3) is 0.545. The second kappa shape index (κ2) is 4.41. The summed E-state index contributed by atoms with van der Waals surface area (Å²) in [5.74, 6) is 0.752. The summed E-state index contributed by atoms with van der Waals surface area (Å²) in [6.45, 7) is 0. The molecule has 0 spiro atoms. The highest BCUT2D eigenvalue weighted by atomic mass is 16.1. The standard InChI is InChI=1S/C11H16N6O/c12-7-1-3-8(4-2-7)14-9-5-10-15-16-11(18)17(10)6-13-9/h5-8,14H,1-4,12H2,(H,16,18). The molecule has 2 aromatic heterocycles. The molecular weight excluding hydrogens is 232 g/mol. The van der Waals surface area contributed by atoms with Gasteiger partial charge in [-0.05, 0) is 25.7 Å². The molecule has 0 saturated heterocycles. The van der Waals surface area contributed by atoms with Crippen molar-refractivity contribution in [3.05, 3.63) is 22.9 Å². The number of anilines is 1. The number of nitrogens with two attached hydrogens (primary N) is 1. The second-order valence-corrected chi connectivity index (χ2v) is 4.79. The highest BCUT2D eigenvalue weighted by molar-refractivity contribution is 5.48. The molecule has 0 aromatic carbocycles. The zero-order valence-electron chi connectivity index (χ0n) is 9.97. The van der Waals surface area contributed by atoms with E-state index >= 15 is 0 Å². The highest BCUT2D eigenvalue weighted by Gasteiger charge is 2.18. The summed E-state index contributed by atoms with van der Waals surface area (Å²) in [5, 5.41) is 9.66. The first-order valence-corrected chi connectivity index (χ1v) is 6.17. The van der Waals surface area contributed by atoms with Crippen LogP contribution in [0.1, 0.15) is 25.7 Å². The van der Waals surface area contributed by atoms with Crippen LogP contribution in [0.2, 0.25) is 0 Å². The minimum absolute atomic E-state index is 0.271. The van der Waals surface area contributed by atoms with Crippen molar-refractivity contribution in [1.82, 2.24) is 19.6 Å². The number of H-pyrrole nitrogens is 1. The average Bonchev–Trinajstić information content (AvgIpc) is 2.74. The van der Waals surface area contributed by atoms with Crippen molar-refractivity contribution in [2.24, 2.45) is 5.73 Å². The van der Waals surface area contributed by atoms with Crippen molar-refractivity contribution in [3.63, 3.8) is 0 Å². The summed E-state index contributed by atoms with van der Waals surface area (Å²) < 4.78 is 1.38. The molecule has 0 radical (unpaired) electrons. The quantitative estimate of drug-likeness (QED) is 0.699. The molecule has 96 valence electrons. The van der Waals surface area contributed by atoms with E-state index in [1.165, 1.54) is 10.7 Å². The van der Waals surface area contributed by atoms with Crippen LogP contribution in [0.15, 0.2) is 17.2 Å². The maximum Gasteiger partial charge on any atom is 0.348 e. The third kappa shape index (κ3) is 2.08. The predicted octanol–water partition coefficient (Wildman–Crippen LogP) is 0.0994. The van der Waals surface area contributed by atoms with Gasteiger partial charge in [-0.15, -0.1) is 0 Å². The van der Waals surface area contributed by atoms with E-state index in [1.54, 1.807) is 6.07 Å². The average molecular weight is 248 g/mol. The van der Waals surface area contributed by atoms with Gasteiger partial charge < -0.3 is 11.1 Å². The molecule has 0 bridgehead atoms. The summed E-state index contributed by atoms with van der Waals surface area (Å²) >= 11 is 0. The third-order valence-corrected chi connectivity index (χ3v) is 3.43. The van der Waals surface area contributed by atoms with Crippen LogP contribution in [0.4, 0.5) is 5.82 Å². The van der Waals surface area contributed by atoms with E-state index in [0.717, 1.165) is 31.5 Å². The smallest absolute Gasteiger partial charge is 0.348 e. The van der Waals surface area contributed by atoms with Crippen molar-refractivity contribution in [2.45, 2.75) is 37.8 Å². The summed E-state index contributed by atoms with van der Waals surface area (Å²) in [6, 6.07) is 2.51. The van der Waals surface area contributed by atoms with E-state index in [9.17, 15) is 4.79 Å². The monoisotopic (exact) mass is 248 g/mol. The summed E-state index contributed by atoms with van der Waals surface area (Å²) in [4.78, 5) is 15.5. The Morgan fingerprint density at radius 3 is 2.94 bits per heavy atom. The van der Waals surface area contributed by atoms with Crippen LogP contribution in [0, 0.1) is 0 Å². The minimum Gasteiger partial charge on any atom is -0.367 e. The first-order chi connectivity index (χ1) is 8.72. The van der Waals surface area contributed by atoms with Crippen molar-refractivity contribution in [2.75, 3.05) is 5.32 Å². The van der Waals surface area contributed by atoms with E-state index in [0.29, 0.717) is 17.7 Å². The Hall–Kier alpha value is -1.89. The number of hydrogen-bond acceptors (Lipinski definition) is 5. The Kier molecular flexibility index (Phi) is 2.75. The van der Waals surface area contributed by atoms with E-state index in [4.69, 9.17) is 5.73 Å². The molecule has 2 heterocycles. The lowest BCUT2D eigenvalue weighted by Gasteiger charge is -2.27. The molecule has 1 aliphatic rings. The molecule has 18 heavy (non-hydrogen) atoms. The number of fused-ring (bicyclic) bond motifs is 1. The normalized spacial score (nSPS) is 24.3. The molecule has 0 unspecified atom stereocenters. The van der Waals surface area contributed by atoms with E-state index in [-0.39, 0.29) is 5.69 Å². The van der Waals surface area contributed by atoms with Gasteiger partial charge >= 0.3 is 5.69 Å². The van der Waals surface area contributed by atoms with Gasteiger partial charge in [0.1, 0.15) is 12.1 Å². The second-order valence-electron chi connectivity index (χ2n) is 4.79. The topological polar surface area (TPSA) is 101 Å². The third-order valence-electron chi connectivity index (χ3n) is 3.43. The lowest BCUT2D eigenvalue weighted by Crippen LogP contribution is -2.33. The van der Waals surface area contributed by atoms with Crippen LogP contribution >= 0.6 is 0 Å². The molecule has 7 heteroatoms. The van der Waals surface area contributed by atoms with Crippen LogP contribution in [-0.4, -0.2) is 31.7 Å². The highest BCUT2D eigenvalue weighted by Crippen LogP contribution is 2.20. The van der Waals surface area contributed by atoms with Gasteiger partial charge in [-0.3, -0.25) is 0 Å². The van der Waals surface area contributed by atoms with E-state index < -0.39 is 0 Å². The number of hydrogen-bond donors (Lipinski definition) is 3. The lowest BCUT2D eigenvalue weighted by atomic mass is 9.92. The van der Waals surface area contributed by atoms with Crippen LogP contribution in [-0.2, 0) is 0 Å². The zero-order valence-corrected chi connectivity index (χ0v) is 9.97. The maximum atomic E-state index is 11.3. The van der Waals surface area contributed by atoms with Gasteiger partial charge in [-0.1, -0.05) is 0 Å². The van der Waals surface area contributed by atoms with Crippen molar-refractivity contribution in [3.8, 4) is 0 Å². The Labute approximate surface area is 103 Å². The molecule has 0 amide bonds. The number of aromatic amines is 1. The van der Waals surface area contributed by atoms with Gasteiger partial charge in [0.15, 0.2) is 5.65 Å². The van der Waals surface area contributed by atoms with Crippen LogP contribution < -0.4 is 16.7 Å². The molecular formula is C11H16N6O. The lowest BCUT2D eigenvalue weighted by molar-refractivity contribution is 0.410. The molecule has 0 aliphatic heterocycles. The Morgan fingerprint density at radius 2 is 2.17 bits per heavy atom. The molecule has 1 fully saturated rings. The minimum atomic E-state index is -0.271. The number of nitrogens with one attached hydrogen (secondary N) is 2. The predicted molar refractivity (Wildman–Crippen MR) is 67.5 cm³/mol. The molecule has 2 aromatic rings. The van der Waals surface area contributed by atoms with Crippen molar-refractivity contribution < 1.29 is 0 Å². The van der Waals surface area contributed by atoms with Gasteiger partial charge in [0.25, 0.3) is 0 Å². The van der Waals surface area contributed by atoms with Gasteiger partial charge in [0, 0.05) is 18.2 Å². The molecule has 1 aliphatic carbocycles. The van der Waals surface area contributed by atoms with Gasteiger partial charge in [-0.2, -0.15) is 5.10 Å². The van der Waals surface area contributed by atoms with Gasteiger partial charge in [0.2, 0.25) is 0 Å². The van der Waals surface area contributed by atoms with Crippen LogP contribution in [0.3, 0.4) is 0 Å². The summed E-state index contributed by atoms with van der Waals surface area (Å²) in [7, 11) is 0. The molecule has 3 rings (SSSR count). The SMILES string of the molecule is NC1CCC(Nc2cc3n[nH]c(=O)n3cn2)CC1. The van der Waals surface area contributed by atoms with E-state index in [2.05, 4.69) is 20.5 Å². The molecule has 7 nitrogen and oxygen atoms in total. The molecule has 1 saturated carbocycles. The van der Waals surface area contributed by atoms with Gasteiger partial charge in [-0.25, -0.2) is 19.3 Å². The fourth-order valence-corrected chi connectivity index (χ4v) is 2.36. The van der Waals surface area contributed by atoms with Crippen LogP contribution in [0.5, 0.6) is 0 Å². The fourth-order valence-electron chi connectivity index (χ4n) is 2.36.